The van der Waals surface area contributed by atoms with E-state index in [4.69, 9.17) is 4.74 Å². The van der Waals surface area contributed by atoms with Crippen molar-refractivity contribution in [3.63, 3.8) is 0 Å². The predicted octanol–water partition coefficient (Wildman–Crippen LogP) is 2.68. The van der Waals surface area contributed by atoms with Gasteiger partial charge in [-0.2, -0.15) is 4.31 Å². The summed E-state index contributed by atoms with van der Waals surface area (Å²) in [6.45, 7) is 6.52. The first-order valence-electron chi connectivity index (χ1n) is 12.8. The Morgan fingerprint density at radius 2 is 1.86 bits per heavy atom. The van der Waals surface area contributed by atoms with Gasteiger partial charge in [-0.3, -0.25) is 9.69 Å². The van der Waals surface area contributed by atoms with Gasteiger partial charge < -0.3 is 14.7 Å². The highest BCUT2D eigenvalue weighted by molar-refractivity contribution is 7.89. The molecular formula is C27H37N3O5S. The summed E-state index contributed by atoms with van der Waals surface area (Å²) in [7, 11) is -1.74. The summed E-state index contributed by atoms with van der Waals surface area (Å²) < 4.78 is 33.4. The lowest BCUT2D eigenvalue weighted by Gasteiger charge is -2.35. The van der Waals surface area contributed by atoms with Gasteiger partial charge in [0.1, 0.15) is 5.75 Å². The number of fused-ring (bicyclic) bond motifs is 1. The van der Waals surface area contributed by atoms with Gasteiger partial charge in [-0.25, -0.2) is 8.42 Å². The first-order chi connectivity index (χ1) is 17.2. The van der Waals surface area contributed by atoms with Crippen molar-refractivity contribution < 1.29 is 23.1 Å². The number of likely N-dealkylation sites (N-methyl/N-ethyl adjacent to an activating group) is 1. The molecule has 1 amide bonds. The Balaban J connectivity index is 1.50. The molecule has 0 saturated carbocycles. The van der Waals surface area contributed by atoms with Gasteiger partial charge in [0.05, 0.1) is 17.0 Å². The number of rotatable bonds is 9. The number of ether oxygens (including phenoxy) is 1. The number of hydrogen-bond donors (Lipinski definition) is 1. The molecule has 2 aliphatic rings. The quantitative estimate of drug-likeness (QED) is 0.552. The fourth-order valence-electron chi connectivity index (χ4n) is 5.14. The molecule has 0 radical (unpaired) electrons. The van der Waals surface area contributed by atoms with E-state index >= 15 is 0 Å². The minimum atomic E-state index is -3.56. The Morgan fingerprint density at radius 3 is 2.50 bits per heavy atom. The zero-order valence-electron chi connectivity index (χ0n) is 21.3. The Hall–Kier alpha value is -2.46. The number of sulfonamides is 1. The van der Waals surface area contributed by atoms with Crippen molar-refractivity contribution in [1.29, 1.82) is 0 Å². The number of aryl methyl sites for hydroxylation is 1. The lowest BCUT2D eigenvalue weighted by molar-refractivity contribution is -0.140. The number of nitrogens with zero attached hydrogens (tertiary/aromatic N) is 3. The van der Waals surface area contributed by atoms with Gasteiger partial charge in [0.25, 0.3) is 5.91 Å². The smallest absolute Gasteiger partial charge is 0.263 e. The summed E-state index contributed by atoms with van der Waals surface area (Å²) in [5.41, 5.74) is 1.85. The fraction of sp³-hybridized carbons (Fsp3) is 0.519. The molecule has 1 unspecified atom stereocenters. The summed E-state index contributed by atoms with van der Waals surface area (Å²) in [6, 6.07) is 14.7. The van der Waals surface area contributed by atoms with Crippen LogP contribution in [0.2, 0.25) is 0 Å². The molecule has 2 aromatic rings. The van der Waals surface area contributed by atoms with Crippen LogP contribution < -0.4 is 4.74 Å². The number of likely N-dealkylation sites (tertiary alicyclic amines) is 1. The molecule has 9 heteroatoms. The molecule has 1 fully saturated rings. The Morgan fingerprint density at radius 1 is 1.14 bits per heavy atom. The van der Waals surface area contributed by atoms with Gasteiger partial charge in [-0.15, -0.1) is 0 Å². The molecule has 2 aliphatic heterocycles. The predicted molar refractivity (Wildman–Crippen MR) is 138 cm³/mol. The van der Waals surface area contributed by atoms with Crippen LogP contribution in [0.25, 0.3) is 0 Å². The Labute approximate surface area is 214 Å². The number of hydrogen-bond acceptors (Lipinski definition) is 6. The number of amides is 1. The molecule has 196 valence electrons. The molecule has 4 rings (SSSR count). The highest BCUT2D eigenvalue weighted by Gasteiger charge is 2.34. The topological polar surface area (TPSA) is 90.4 Å². The number of carbonyl (C=O) groups excluding carboxylic acids is 1. The van der Waals surface area contributed by atoms with E-state index in [0.29, 0.717) is 44.8 Å². The molecule has 36 heavy (non-hydrogen) atoms. The summed E-state index contributed by atoms with van der Waals surface area (Å²) in [6.07, 6.45) is 0.831. The van der Waals surface area contributed by atoms with Crippen LogP contribution in [-0.4, -0.2) is 85.5 Å². The summed E-state index contributed by atoms with van der Waals surface area (Å²) in [4.78, 5) is 17.8. The minimum absolute atomic E-state index is 0.103. The molecule has 2 heterocycles. The van der Waals surface area contributed by atoms with Crippen LogP contribution in [0.5, 0.6) is 5.75 Å². The second kappa shape index (κ2) is 11.3. The Kier molecular flexibility index (Phi) is 8.34. The second-order valence-corrected chi connectivity index (χ2v) is 11.5. The van der Waals surface area contributed by atoms with Crippen LogP contribution in [0, 0.1) is 0 Å². The van der Waals surface area contributed by atoms with Gasteiger partial charge in [0.2, 0.25) is 10.0 Å². The SMILES string of the molecule is CCN(CC)S(=O)(=O)c1ccc2c(c1)CCC(C(=O)N(C)[C@H](CN1CC[C@H](O)C1)c1ccccc1)O2. The highest BCUT2D eigenvalue weighted by atomic mass is 32.2. The first-order valence-corrected chi connectivity index (χ1v) is 14.2. The van der Waals surface area contributed by atoms with E-state index in [2.05, 4.69) is 4.90 Å². The van der Waals surface area contributed by atoms with Crippen molar-refractivity contribution in [2.24, 2.45) is 0 Å². The van der Waals surface area contributed by atoms with Gasteiger partial charge in [0.15, 0.2) is 6.10 Å². The molecule has 1 N–H and O–H groups in total. The third-order valence-electron chi connectivity index (χ3n) is 7.27. The van der Waals surface area contributed by atoms with Crippen LogP contribution in [0.4, 0.5) is 0 Å². The third kappa shape index (κ3) is 5.59. The molecule has 3 atom stereocenters. The molecule has 0 aromatic heterocycles. The van der Waals surface area contributed by atoms with E-state index < -0.39 is 16.1 Å². The van der Waals surface area contributed by atoms with Crippen molar-refractivity contribution in [3.8, 4) is 5.75 Å². The molecule has 2 aromatic carbocycles. The molecule has 8 nitrogen and oxygen atoms in total. The van der Waals surface area contributed by atoms with Crippen molar-refractivity contribution in [2.45, 2.75) is 56.3 Å². The maximum Gasteiger partial charge on any atom is 0.263 e. The van der Waals surface area contributed by atoms with E-state index in [-0.39, 0.29) is 22.9 Å². The van der Waals surface area contributed by atoms with E-state index in [1.54, 1.807) is 23.1 Å². The van der Waals surface area contributed by atoms with Crippen LogP contribution >= 0.6 is 0 Å². The van der Waals surface area contributed by atoms with E-state index in [1.165, 1.54) is 4.31 Å². The lowest BCUT2D eigenvalue weighted by Crippen LogP contribution is -2.46. The van der Waals surface area contributed by atoms with E-state index in [9.17, 15) is 18.3 Å². The van der Waals surface area contributed by atoms with Crippen molar-refractivity contribution >= 4 is 15.9 Å². The number of benzene rings is 2. The maximum atomic E-state index is 13.6. The van der Waals surface area contributed by atoms with Crippen molar-refractivity contribution in [3.05, 3.63) is 59.7 Å². The zero-order valence-corrected chi connectivity index (χ0v) is 22.2. The summed E-state index contributed by atoms with van der Waals surface area (Å²) in [5.74, 6) is 0.458. The average molecular weight is 516 g/mol. The molecule has 0 aliphatic carbocycles. The zero-order chi connectivity index (χ0) is 25.9. The Bertz CT molecular complexity index is 1150. The fourth-order valence-corrected chi connectivity index (χ4v) is 6.65. The minimum Gasteiger partial charge on any atom is -0.480 e. The number of carbonyl (C=O) groups is 1. The summed E-state index contributed by atoms with van der Waals surface area (Å²) >= 11 is 0. The largest absolute Gasteiger partial charge is 0.480 e. The molecule has 0 spiro atoms. The second-order valence-electron chi connectivity index (χ2n) is 9.58. The number of aliphatic hydroxyl groups is 1. The normalized spacial score (nSPS) is 21.1. The van der Waals surface area contributed by atoms with Crippen LogP contribution in [0.3, 0.4) is 0 Å². The maximum absolute atomic E-state index is 13.6. The van der Waals surface area contributed by atoms with Gasteiger partial charge in [-0.1, -0.05) is 44.2 Å². The standard InChI is InChI=1S/C27H37N3O5S/c1-4-30(5-2)36(33,34)23-12-14-25-21(17-23)11-13-26(35-25)27(32)28(3)24(20-9-7-6-8-10-20)19-29-16-15-22(31)18-29/h6-10,12,14,17,22,24,26,31H,4-5,11,13,15-16,18-19H2,1-3H3/t22-,24+,26?/m0/s1. The third-order valence-corrected chi connectivity index (χ3v) is 9.32. The molecule has 1 saturated heterocycles. The summed E-state index contributed by atoms with van der Waals surface area (Å²) in [5, 5.41) is 9.97. The number of aliphatic hydroxyl groups excluding tert-OH is 1. The first kappa shape index (κ1) is 26.6. The van der Waals surface area contributed by atoms with Crippen molar-refractivity contribution in [1.82, 2.24) is 14.1 Å². The van der Waals surface area contributed by atoms with Crippen LogP contribution in [-0.2, 0) is 21.2 Å². The van der Waals surface area contributed by atoms with Gasteiger partial charge in [-0.05, 0) is 48.6 Å². The van der Waals surface area contributed by atoms with Gasteiger partial charge in [0, 0.05) is 39.8 Å². The van der Waals surface area contributed by atoms with Crippen LogP contribution in [0.15, 0.2) is 53.4 Å². The molecular weight excluding hydrogens is 478 g/mol. The van der Waals surface area contributed by atoms with E-state index in [0.717, 1.165) is 24.1 Å². The highest BCUT2D eigenvalue weighted by Crippen LogP contribution is 2.32. The average Bonchev–Trinajstić information content (AvgIpc) is 3.31. The number of β-amino-alcohol motifs (C(OH)–C–C–N with tert-alkyl or cyclic N) is 1. The van der Waals surface area contributed by atoms with Crippen molar-refractivity contribution in [2.75, 3.05) is 39.8 Å². The van der Waals surface area contributed by atoms with E-state index in [1.807, 2.05) is 51.2 Å². The monoisotopic (exact) mass is 515 g/mol. The van der Waals surface area contributed by atoms with Crippen LogP contribution in [0.1, 0.15) is 43.9 Å². The molecule has 0 bridgehead atoms. The lowest BCUT2D eigenvalue weighted by atomic mass is 10.00. The van der Waals surface area contributed by atoms with Gasteiger partial charge >= 0.3 is 0 Å².